The van der Waals surface area contributed by atoms with Crippen LogP contribution in [0.4, 0.5) is 0 Å². The smallest absolute Gasteiger partial charge is 0.289 e. The summed E-state index contributed by atoms with van der Waals surface area (Å²) in [6.45, 7) is 6.53. The summed E-state index contributed by atoms with van der Waals surface area (Å²) in [4.78, 5) is 22.6. The van der Waals surface area contributed by atoms with Crippen LogP contribution < -0.4 is 11.4 Å². The van der Waals surface area contributed by atoms with Gasteiger partial charge < -0.3 is 10.6 Å². The summed E-state index contributed by atoms with van der Waals surface area (Å²) in [7, 11) is 1.65. The van der Waals surface area contributed by atoms with Gasteiger partial charge in [0.05, 0.1) is 12.1 Å². The number of methoxy groups -OCH3 is 1. The quantitative estimate of drug-likeness (QED) is 0.742. The fourth-order valence-corrected chi connectivity index (χ4v) is 3.88. The molecule has 3 heterocycles. The summed E-state index contributed by atoms with van der Waals surface area (Å²) in [5.41, 5.74) is 2.37. The van der Waals surface area contributed by atoms with Crippen LogP contribution in [0.25, 0.3) is 20.4 Å². The molecule has 7 heteroatoms. The summed E-state index contributed by atoms with van der Waals surface area (Å²) in [5.74, 6) is 6.91. The van der Waals surface area contributed by atoms with E-state index in [1.54, 1.807) is 7.11 Å². The first kappa shape index (κ1) is 15.9. The maximum absolute atomic E-state index is 12.6. The predicted octanol–water partition coefficient (Wildman–Crippen LogP) is 2.37. The molecule has 0 fully saturated rings. The maximum Gasteiger partial charge on any atom is 0.289 e. The van der Waals surface area contributed by atoms with Gasteiger partial charge in [-0.1, -0.05) is 13.8 Å². The monoisotopic (exact) mass is 332 g/mol. The average molecular weight is 332 g/mol. The van der Waals surface area contributed by atoms with Crippen LogP contribution in [0.1, 0.15) is 30.9 Å². The molecule has 0 amide bonds. The van der Waals surface area contributed by atoms with E-state index in [2.05, 4.69) is 23.8 Å². The van der Waals surface area contributed by atoms with Crippen molar-refractivity contribution in [2.75, 3.05) is 13.0 Å². The van der Waals surface area contributed by atoms with E-state index >= 15 is 0 Å². The normalized spacial score (nSPS) is 11.9. The number of pyridine rings is 1. The molecular weight excluding hydrogens is 312 g/mol. The highest BCUT2D eigenvalue weighted by Crippen LogP contribution is 2.32. The van der Waals surface area contributed by atoms with Gasteiger partial charge in [0.25, 0.3) is 5.56 Å². The first-order valence-electron chi connectivity index (χ1n) is 7.51. The van der Waals surface area contributed by atoms with Crippen LogP contribution in [0.5, 0.6) is 0 Å². The largest absolute Gasteiger partial charge is 0.380 e. The molecule has 122 valence electrons. The molecule has 23 heavy (non-hydrogen) atoms. The highest BCUT2D eigenvalue weighted by Gasteiger charge is 2.18. The molecule has 2 N–H and O–H groups in total. The minimum atomic E-state index is -0.213. The van der Waals surface area contributed by atoms with Gasteiger partial charge >= 0.3 is 0 Å². The first-order valence-corrected chi connectivity index (χ1v) is 8.32. The SMILES string of the molecule is COCc1cc(C)nc2sc3c(=O)n(N)c(CC(C)C)nc3c12. The van der Waals surface area contributed by atoms with Gasteiger partial charge in [-0.25, -0.2) is 14.6 Å². The number of nitrogens with two attached hydrogens (primary N) is 1. The third-order valence-corrected chi connectivity index (χ3v) is 4.73. The summed E-state index contributed by atoms with van der Waals surface area (Å²) in [6.07, 6.45) is 0.651. The molecule has 0 unspecified atom stereocenters. The minimum Gasteiger partial charge on any atom is -0.380 e. The number of nitrogen functional groups attached to an aromatic ring is 1. The van der Waals surface area contributed by atoms with Gasteiger partial charge in [0.2, 0.25) is 0 Å². The van der Waals surface area contributed by atoms with E-state index in [4.69, 9.17) is 10.6 Å². The number of aromatic nitrogens is 3. The number of nitrogens with zero attached hydrogens (tertiary/aromatic N) is 3. The van der Waals surface area contributed by atoms with Gasteiger partial charge in [0, 0.05) is 24.6 Å². The van der Waals surface area contributed by atoms with Crippen molar-refractivity contribution in [3.63, 3.8) is 0 Å². The van der Waals surface area contributed by atoms with Crippen LogP contribution >= 0.6 is 11.3 Å². The molecule has 0 bridgehead atoms. The highest BCUT2D eigenvalue weighted by molar-refractivity contribution is 7.25. The van der Waals surface area contributed by atoms with E-state index in [9.17, 15) is 4.79 Å². The van der Waals surface area contributed by atoms with Crippen molar-refractivity contribution in [3.05, 3.63) is 33.5 Å². The first-order chi connectivity index (χ1) is 10.9. The molecule has 0 saturated heterocycles. The molecule has 0 aliphatic carbocycles. The fourth-order valence-electron chi connectivity index (χ4n) is 2.74. The van der Waals surface area contributed by atoms with Crippen molar-refractivity contribution < 1.29 is 4.74 Å². The molecule has 0 aliphatic rings. The molecule has 0 spiro atoms. The molecular formula is C16H20N4O2S. The number of fused-ring (bicyclic) bond motifs is 3. The van der Waals surface area contributed by atoms with E-state index in [1.165, 1.54) is 16.0 Å². The van der Waals surface area contributed by atoms with E-state index in [-0.39, 0.29) is 5.56 Å². The van der Waals surface area contributed by atoms with Gasteiger partial charge in [0.15, 0.2) is 0 Å². The lowest BCUT2D eigenvalue weighted by molar-refractivity contribution is 0.186. The van der Waals surface area contributed by atoms with Crippen molar-refractivity contribution in [2.45, 2.75) is 33.8 Å². The average Bonchev–Trinajstić information content (AvgIpc) is 2.82. The van der Waals surface area contributed by atoms with Crippen molar-refractivity contribution in [2.24, 2.45) is 5.92 Å². The van der Waals surface area contributed by atoms with Crippen molar-refractivity contribution in [3.8, 4) is 0 Å². The topological polar surface area (TPSA) is 83.0 Å². The van der Waals surface area contributed by atoms with Crippen molar-refractivity contribution in [1.29, 1.82) is 0 Å². The lowest BCUT2D eigenvalue weighted by atomic mass is 10.1. The number of hydrogen-bond acceptors (Lipinski definition) is 6. The third kappa shape index (κ3) is 2.70. The highest BCUT2D eigenvalue weighted by atomic mass is 32.1. The summed E-state index contributed by atoms with van der Waals surface area (Å²) in [6, 6.07) is 1.98. The van der Waals surface area contributed by atoms with E-state index < -0.39 is 0 Å². The van der Waals surface area contributed by atoms with Crippen LogP contribution in [0.2, 0.25) is 0 Å². The van der Waals surface area contributed by atoms with Gasteiger partial charge in [-0.05, 0) is 24.5 Å². The minimum absolute atomic E-state index is 0.213. The predicted molar refractivity (Wildman–Crippen MR) is 93.3 cm³/mol. The Kier molecular flexibility index (Phi) is 4.08. The Labute approximate surface area is 137 Å². The van der Waals surface area contributed by atoms with Crippen molar-refractivity contribution in [1.82, 2.24) is 14.6 Å². The zero-order chi connectivity index (χ0) is 16.7. The van der Waals surface area contributed by atoms with E-state index in [0.29, 0.717) is 35.0 Å². The fraction of sp³-hybridized carbons (Fsp3) is 0.438. The second kappa shape index (κ2) is 5.90. The zero-order valence-electron chi connectivity index (χ0n) is 13.7. The molecule has 0 radical (unpaired) electrons. The Morgan fingerprint density at radius 2 is 2.13 bits per heavy atom. The molecule has 6 nitrogen and oxygen atoms in total. The molecule has 3 rings (SSSR count). The Bertz CT molecular complexity index is 943. The Hall–Kier alpha value is -1.99. The van der Waals surface area contributed by atoms with Gasteiger partial charge in [-0.2, -0.15) is 0 Å². The molecule has 0 atom stereocenters. The summed E-state index contributed by atoms with van der Waals surface area (Å²) in [5, 5.41) is 0.903. The van der Waals surface area contributed by atoms with Gasteiger partial charge in [0.1, 0.15) is 15.4 Å². The Balaban J connectivity index is 2.41. The number of aryl methyl sites for hydroxylation is 1. The van der Waals surface area contributed by atoms with Crippen LogP contribution in [0, 0.1) is 12.8 Å². The maximum atomic E-state index is 12.6. The van der Waals surface area contributed by atoms with E-state index in [0.717, 1.165) is 21.5 Å². The zero-order valence-corrected chi connectivity index (χ0v) is 14.5. The van der Waals surface area contributed by atoms with Crippen molar-refractivity contribution >= 4 is 31.8 Å². The molecule has 3 aromatic heterocycles. The molecule has 3 aromatic rings. The Morgan fingerprint density at radius 3 is 2.78 bits per heavy atom. The number of ether oxygens (including phenoxy) is 1. The lowest BCUT2D eigenvalue weighted by Gasteiger charge is -2.09. The van der Waals surface area contributed by atoms with Crippen LogP contribution in [0.3, 0.4) is 0 Å². The van der Waals surface area contributed by atoms with Crippen LogP contribution in [-0.4, -0.2) is 21.8 Å². The third-order valence-electron chi connectivity index (χ3n) is 3.67. The lowest BCUT2D eigenvalue weighted by Crippen LogP contribution is -2.31. The summed E-state index contributed by atoms with van der Waals surface area (Å²) < 4.78 is 7.01. The second-order valence-corrected chi connectivity index (χ2v) is 7.12. The summed E-state index contributed by atoms with van der Waals surface area (Å²) >= 11 is 1.34. The number of thiophene rings is 1. The van der Waals surface area contributed by atoms with Crippen LogP contribution in [-0.2, 0) is 17.8 Å². The second-order valence-electron chi connectivity index (χ2n) is 6.12. The molecule has 0 aliphatic heterocycles. The molecule has 0 aromatic carbocycles. The van der Waals surface area contributed by atoms with Crippen LogP contribution in [0.15, 0.2) is 10.9 Å². The molecule has 0 saturated carbocycles. The van der Waals surface area contributed by atoms with Gasteiger partial charge in [-0.3, -0.25) is 4.79 Å². The number of rotatable bonds is 4. The Morgan fingerprint density at radius 1 is 1.39 bits per heavy atom. The standard InChI is InChI=1S/C16H20N4O2S/c1-8(2)5-11-19-13-12-10(7-22-4)6-9(3)18-15(12)23-14(13)16(21)20(11)17/h6,8H,5,7,17H2,1-4H3. The number of hydrogen-bond donors (Lipinski definition) is 1. The van der Waals surface area contributed by atoms with E-state index in [1.807, 2.05) is 13.0 Å². The van der Waals surface area contributed by atoms with Gasteiger partial charge in [-0.15, -0.1) is 11.3 Å².